The molecule has 0 spiro atoms. The van der Waals surface area contributed by atoms with Crippen LogP contribution in [0.4, 0.5) is 4.79 Å². The summed E-state index contributed by atoms with van der Waals surface area (Å²) in [5.74, 6) is 0.467. The molecule has 2 aliphatic rings. The Labute approximate surface area is 156 Å². The van der Waals surface area contributed by atoms with Crippen molar-refractivity contribution in [2.75, 3.05) is 0 Å². The number of benzene rings is 1. The SMILES string of the molecule is C=CCCCC(=O)C1CC2CCCC(C1)N2C(=O)OCc1ccccc1. The van der Waals surface area contributed by atoms with E-state index in [4.69, 9.17) is 4.74 Å². The number of unbranched alkanes of at least 4 members (excludes halogenated alkanes) is 1. The highest BCUT2D eigenvalue weighted by Gasteiger charge is 2.43. The van der Waals surface area contributed by atoms with Crippen LogP contribution in [-0.4, -0.2) is 28.9 Å². The van der Waals surface area contributed by atoms with Gasteiger partial charge in [0, 0.05) is 24.4 Å². The number of fused-ring (bicyclic) bond motifs is 2. The number of piperidine rings is 2. The summed E-state index contributed by atoms with van der Waals surface area (Å²) in [5, 5.41) is 0. The average molecular weight is 355 g/mol. The fourth-order valence-corrected chi connectivity index (χ4v) is 4.36. The van der Waals surface area contributed by atoms with Gasteiger partial charge in [-0.3, -0.25) is 4.79 Å². The normalized spacial score (nSPS) is 24.8. The van der Waals surface area contributed by atoms with Crippen LogP contribution < -0.4 is 0 Å². The summed E-state index contributed by atoms with van der Waals surface area (Å²) < 4.78 is 5.57. The second-order valence-electron chi connectivity index (χ2n) is 7.50. The van der Waals surface area contributed by atoms with Crippen LogP contribution in [0.2, 0.25) is 0 Å². The second kappa shape index (κ2) is 9.02. The lowest BCUT2D eigenvalue weighted by molar-refractivity contribution is -0.126. The van der Waals surface area contributed by atoms with E-state index in [2.05, 4.69) is 6.58 Å². The van der Waals surface area contributed by atoms with Crippen LogP contribution in [0.3, 0.4) is 0 Å². The first-order chi connectivity index (χ1) is 12.7. The van der Waals surface area contributed by atoms with Crippen LogP contribution in [-0.2, 0) is 16.1 Å². The number of hydrogen-bond donors (Lipinski definition) is 0. The van der Waals surface area contributed by atoms with Crippen LogP contribution in [0.1, 0.15) is 56.9 Å². The van der Waals surface area contributed by atoms with Crippen molar-refractivity contribution in [2.24, 2.45) is 5.92 Å². The van der Waals surface area contributed by atoms with Gasteiger partial charge in [-0.15, -0.1) is 6.58 Å². The van der Waals surface area contributed by atoms with Crippen LogP contribution in [0.25, 0.3) is 0 Å². The van der Waals surface area contributed by atoms with Crippen molar-refractivity contribution in [1.82, 2.24) is 4.90 Å². The van der Waals surface area contributed by atoms with Crippen LogP contribution in [0.15, 0.2) is 43.0 Å². The highest BCUT2D eigenvalue weighted by molar-refractivity contribution is 5.81. The highest BCUT2D eigenvalue weighted by atomic mass is 16.6. The molecule has 1 amide bonds. The van der Waals surface area contributed by atoms with Crippen molar-refractivity contribution >= 4 is 11.9 Å². The van der Waals surface area contributed by atoms with E-state index < -0.39 is 0 Å². The number of rotatable bonds is 7. The maximum Gasteiger partial charge on any atom is 0.410 e. The number of nitrogens with zero attached hydrogens (tertiary/aromatic N) is 1. The molecule has 0 aliphatic carbocycles. The van der Waals surface area contributed by atoms with E-state index in [-0.39, 0.29) is 24.1 Å². The third-order valence-electron chi connectivity index (χ3n) is 5.68. The van der Waals surface area contributed by atoms with Gasteiger partial charge in [0.25, 0.3) is 0 Å². The topological polar surface area (TPSA) is 46.6 Å². The zero-order valence-electron chi connectivity index (χ0n) is 15.4. The summed E-state index contributed by atoms with van der Waals surface area (Å²) in [7, 11) is 0. The van der Waals surface area contributed by atoms with E-state index in [0.29, 0.717) is 18.8 Å². The number of carbonyl (C=O) groups excluding carboxylic acids is 2. The van der Waals surface area contributed by atoms with E-state index >= 15 is 0 Å². The first kappa shape index (κ1) is 18.7. The summed E-state index contributed by atoms with van der Waals surface area (Å²) in [4.78, 5) is 27.1. The molecule has 2 fully saturated rings. The Morgan fingerprint density at radius 3 is 2.50 bits per heavy atom. The number of carbonyl (C=O) groups is 2. The Balaban J connectivity index is 1.57. The molecule has 4 nitrogen and oxygen atoms in total. The van der Waals surface area contributed by atoms with Gasteiger partial charge < -0.3 is 9.64 Å². The molecule has 2 heterocycles. The van der Waals surface area contributed by atoms with Crippen LogP contribution in [0.5, 0.6) is 0 Å². The number of amides is 1. The minimum absolute atomic E-state index is 0.105. The molecular formula is C22H29NO3. The first-order valence-corrected chi connectivity index (χ1v) is 9.81. The Morgan fingerprint density at radius 1 is 1.15 bits per heavy atom. The Hall–Kier alpha value is -2.10. The minimum atomic E-state index is -0.221. The predicted molar refractivity (Wildman–Crippen MR) is 102 cm³/mol. The van der Waals surface area contributed by atoms with Crippen molar-refractivity contribution in [1.29, 1.82) is 0 Å². The van der Waals surface area contributed by atoms with Crippen molar-refractivity contribution in [2.45, 2.75) is 70.1 Å². The van der Waals surface area contributed by atoms with E-state index in [9.17, 15) is 9.59 Å². The zero-order valence-corrected chi connectivity index (χ0v) is 15.4. The molecule has 1 aromatic carbocycles. The Morgan fingerprint density at radius 2 is 1.85 bits per heavy atom. The Bertz CT molecular complexity index is 614. The molecule has 0 radical (unpaired) electrons. The van der Waals surface area contributed by atoms with E-state index in [1.54, 1.807) is 0 Å². The molecule has 140 valence electrons. The van der Waals surface area contributed by atoms with Gasteiger partial charge in [-0.05, 0) is 50.5 Å². The van der Waals surface area contributed by atoms with Crippen molar-refractivity contribution in [3.63, 3.8) is 0 Å². The van der Waals surface area contributed by atoms with Crippen molar-refractivity contribution < 1.29 is 14.3 Å². The van der Waals surface area contributed by atoms with Gasteiger partial charge in [0.15, 0.2) is 0 Å². The largest absolute Gasteiger partial charge is 0.445 e. The summed E-state index contributed by atoms with van der Waals surface area (Å²) in [5.41, 5.74) is 0.998. The van der Waals surface area contributed by atoms with Crippen LogP contribution in [0, 0.1) is 5.92 Å². The van der Waals surface area contributed by atoms with Gasteiger partial charge >= 0.3 is 6.09 Å². The molecule has 2 aliphatic heterocycles. The Kier molecular flexibility index (Phi) is 6.48. The highest BCUT2D eigenvalue weighted by Crippen LogP contribution is 2.38. The molecule has 2 unspecified atom stereocenters. The molecule has 0 aromatic heterocycles. The molecular weight excluding hydrogens is 326 g/mol. The minimum Gasteiger partial charge on any atom is -0.445 e. The fourth-order valence-electron chi connectivity index (χ4n) is 4.36. The van der Waals surface area contributed by atoms with E-state index in [1.165, 1.54) is 0 Å². The molecule has 4 heteroatoms. The fraction of sp³-hybridized carbons (Fsp3) is 0.545. The van der Waals surface area contributed by atoms with Gasteiger partial charge in [-0.25, -0.2) is 4.79 Å². The molecule has 3 rings (SSSR count). The van der Waals surface area contributed by atoms with Gasteiger partial charge in [0.1, 0.15) is 12.4 Å². The van der Waals surface area contributed by atoms with Gasteiger partial charge in [0.05, 0.1) is 0 Å². The maximum atomic E-state index is 12.7. The van der Waals surface area contributed by atoms with Gasteiger partial charge in [-0.2, -0.15) is 0 Å². The number of ketones is 1. The number of Topliss-reactive ketones (excluding diaryl/α,β-unsaturated/α-hetero) is 1. The van der Waals surface area contributed by atoms with Crippen LogP contribution >= 0.6 is 0 Å². The van der Waals surface area contributed by atoms with E-state index in [0.717, 1.165) is 50.5 Å². The van der Waals surface area contributed by atoms with E-state index in [1.807, 2.05) is 41.3 Å². The summed E-state index contributed by atoms with van der Waals surface area (Å²) >= 11 is 0. The average Bonchev–Trinajstić information content (AvgIpc) is 2.66. The molecule has 2 atom stereocenters. The number of allylic oxidation sites excluding steroid dienone is 1. The number of ether oxygens (including phenoxy) is 1. The lowest BCUT2D eigenvalue weighted by atomic mass is 9.76. The summed E-state index contributed by atoms with van der Waals surface area (Å²) in [6.45, 7) is 4.02. The number of hydrogen-bond acceptors (Lipinski definition) is 3. The first-order valence-electron chi connectivity index (χ1n) is 9.81. The molecule has 26 heavy (non-hydrogen) atoms. The lowest BCUT2D eigenvalue weighted by Crippen LogP contribution is -2.55. The van der Waals surface area contributed by atoms with Gasteiger partial charge in [-0.1, -0.05) is 36.4 Å². The standard InChI is InChI=1S/C22H29NO3/c1-2-3-5-13-21(24)18-14-19-11-8-12-20(15-18)23(19)22(25)26-16-17-9-6-4-7-10-17/h2,4,6-7,9-10,18-20H,1,3,5,8,11-16H2. The smallest absolute Gasteiger partial charge is 0.410 e. The summed E-state index contributed by atoms with van der Waals surface area (Å²) in [6.07, 6.45) is 8.74. The van der Waals surface area contributed by atoms with Crippen molar-refractivity contribution in [3.8, 4) is 0 Å². The molecule has 2 bridgehead atoms. The molecule has 0 N–H and O–H groups in total. The second-order valence-corrected chi connectivity index (χ2v) is 7.50. The molecule has 0 saturated carbocycles. The zero-order chi connectivity index (χ0) is 18.4. The molecule has 1 aromatic rings. The lowest BCUT2D eigenvalue weighted by Gasteiger charge is -2.47. The third-order valence-corrected chi connectivity index (χ3v) is 5.68. The summed E-state index contributed by atoms with van der Waals surface area (Å²) in [6, 6.07) is 10.1. The quantitative estimate of drug-likeness (QED) is 0.517. The van der Waals surface area contributed by atoms with Gasteiger partial charge in [0.2, 0.25) is 0 Å². The van der Waals surface area contributed by atoms with Crippen molar-refractivity contribution in [3.05, 3.63) is 48.6 Å². The monoisotopic (exact) mass is 355 g/mol. The predicted octanol–water partition coefficient (Wildman–Crippen LogP) is 4.88. The third kappa shape index (κ3) is 4.54. The molecule has 2 saturated heterocycles. The maximum absolute atomic E-state index is 12.7.